The molecule has 0 aliphatic heterocycles. The second-order valence-corrected chi connectivity index (χ2v) is 5.41. The Morgan fingerprint density at radius 2 is 1.92 bits per heavy atom. The molecular weight excluding hydrogens is 349 g/mol. The molecule has 3 aromatic rings. The summed E-state index contributed by atoms with van der Waals surface area (Å²) in [6.07, 6.45) is -3.17. The van der Waals surface area contributed by atoms with Crippen LogP contribution in [0, 0.1) is 6.92 Å². The number of benzene rings is 1. The molecule has 1 aromatic carbocycles. The lowest BCUT2D eigenvalue weighted by molar-refractivity contribution is -0.137. The van der Waals surface area contributed by atoms with Crippen LogP contribution in [0.1, 0.15) is 21.7 Å². The van der Waals surface area contributed by atoms with Crippen LogP contribution in [0.15, 0.2) is 53.2 Å². The van der Waals surface area contributed by atoms with E-state index < -0.39 is 17.6 Å². The Morgan fingerprint density at radius 1 is 1.12 bits per heavy atom. The van der Waals surface area contributed by atoms with E-state index in [1.807, 2.05) is 0 Å². The second kappa shape index (κ2) is 6.87. The number of nitrogens with one attached hydrogen (secondary N) is 2. The Morgan fingerprint density at radius 3 is 2.54 bits per heavy atom. The van der Waals surface area contributed by atoms with Gasteiger partial charge in [0.1, 0.15) is 11.6 Å². The highest BCUT2D eigenvalue weighted by atomic mass is 19.4. The number of alkyl halides is 3. The molecule has 0 aliphatic carbocycles. The molecule has 6 nitrogen and oxygen atoms in total. The number of carbonyl (C=O) groups is 1. The van der Waals surface area contributed by atoms with Gasteiger partial charge >= 0.3 is 6.18 Å². The molecular formula is C17H13F3N4O2. The van der Waals surface area contributed by atoms with Crippen LogP contribution in [-0.2, 0) is 6.18 Å². The van der Waals surface area contributed by atoms with Crippen molar-refractivity contribution in [2.75, 3.05) is 10.6 Å². The predicted octanol–water partition coefficient (Wildman–Crippen LogP) is 4.39. The number of carbonyl (C=O) groups excluding carboxylic acids is 1. The van der Waals surface area contributed by atoms with Crippen molar-refractivity contribution in [3.8, 4) is 0 Å². The first kappa shape index (κ1) is 17.5. The molecule has 2 heterocycles. The Bertz CT molecular complexity index is 920. The molecule has 9 heteroatoms. The number of rotatable bonds is 4. The lowest BCUT2D eigenvalue weighted by atomic mass is 10.2. The van der Waals surface area contributed by atoms with Crippen LogP contribution in [0.3, 0.4) is 0 Å². The number of nitrogens with zero attached hydrogens (tertiary/aromatic N) is 2. The van der Waals surface area contributed by atoms with Gasteiger partial charge in [-0.3, -0.25) is 4.79 Å². The number of aromatic nitrogens is 2. The molecule has 3 rings (SSSR count). The fourth-order valence-corrected chi connectivity index (χ4v) is 2.14. The van der Waals surface area contributed by atoms with Gasteiger partial charge in [0.25, 0.3) is 5.91 Å². The van der Waals surface area contributed by atoms with E-state index in [-0.39, 0.29) is 11.3 Å². The third kappa shape index (κ3) is 4.18. The summed E-state index contributed by atoms with van der Waals surface area (Å²) < 4.78 is 43.0. The smallest absolute Gasteiger partial charge is 0.360 e. The number of pyridine rings is 1. The van der Waals surface area contributed by atoms with Gasteiger partial charge < -0.3 is 15.2 Å². The van der Waals surface area contributed by atoms with E-state index in [0.717, 1.165) is 12.1 Å². The minimum Gasteiger partial charge on any atom is -0.360 e. The van der Waals surface area contributed by atoms with Crippen molar-refractivity contribution < 1.29 is 22.5 Å². The minimum absolute atomic E-state index is 0.0464. The van der Waals surface area contributed by atoms with Gasteiger partial charge in [0.05, 0.1) is 11.1 Å². The van der Waals surface area contributed by atoms with Crippen LogP contribution >= 0.6 is 0 Å². The molecule has 2 aromatic heterocycles. The molecule has 26 heavy (non-hydrogen) atoms. The molecule has 0 aliphatic rings. The predicted molar refractivity (Wildman–Crippen MR) is 88.2 cm³/mol. The molecule has 0 unspecified atom stereocenters. The number of amides is 1. The molecule has 0 bridgehead atoms. The summed E-state index contributed by atoms with van der Waals surface area (Å²) in [5.74, 6) is 0.968. The van der Waals surface area contributed by atoms with Crippen molar-refractivity contribution in [3.63, 3.8) is 0 Å². The van der Waals surface area contributed by atoms with Gasteiger partial charge in [-0.25, -0.2) is 4.98 Å². The number of hydrogen-bond acceptors (Lipinski definition) is 5. The van der Waals surface area contributed by atoms with Crippen LogP contribution in [0.2, 0.25) is 0 Å². The maximum Gasteiger partial charge on any atom is 0.416 e. The molecule has 0 saturated carbocycles. The van der Waals surface area contributed by atoms with E-state index in [4.69, 9.17) is 4.52 Å². The molecule has 1 amide bonds. The van der Waals surface area contributed by atoms with Crippen molar-refractivity contribution in [2.45, 2.75) is 13.1 Å². The molecule has 0 radical (unpaired) electrons. The lowest BCUT2D eigenvalue weighted by Crippen LogP contribution is -2.13. The standard InChI is InChI=1S/C17H13F3N4O2/c1-10-7-15(24-26-10)23-14-6-5-11(9-21-14)16(25)22-13-4-2-3-12(8-13)17(18,19)20/h2-9H,1H3,(H,22,25)(H,21,23,24). The third-order valence-electron chi connectivity index (χ3n) is 3.36. The summed E-state index contributed by atoms with van der Waals surface area (Å²) in [5.41, 5.74) is -0.592. The van der Waals surface area contributed by atoms with Gasteiger partial charge in [0, 0.05) is 18.0 Å². The highest BCUT2D eigenvalue weighted by Crippen LogP contribution is 2.30. The first-order valence-electron chi connectivity index (χ1n) is 7.46. The van der Waals surface area contributed by atoms with Gasteiger partial charge in [-0.15, -0.1) is 0 Å². The van der Waals surface area contributed by atoms with E-state index in [0.29, 0.717) is 17.4 Å². The van der Waals surface area contributed by atoms with E-state index in [2.05, 4.69) is 20.8 Å². The van der Waals surface area contributed by atoms with Crippen molar-refractivity contribution in [1.29, 1.82) is 0 Å². The van der Waals surface area contributed by atoms with Crippen molar-refractivity contribution in [3.05, 3.63) is 65.5 Å². The van der Waals surface area contributed by atoms with Crippen molar-refractivity contribution in [1.82, 2.24) is 10.1 Å². The number of aryl methyl sites for hydroxylation is 1. The van der Waals surface area contributed by atoms with Crippen LogP contribution < -0.4 is 10.6 Å². The normalized spacial score (nSPS) is 11.2. The average Bonchev–Trinajstić information content (AvgIpc) is 3.00. The summed E-state index contributed by atoms with van der Waals surface area (Å²) >= 11 is 0. The molecule has 2 N–H and O–H groups in total. The monoisotopic (exact) mass is 362 g/mol. The fourth-order valence-electron chi connectivity index (χ4n) is 2.14. The zero-order valence-electron chi connectivity index (χ0n) is 13.5. The molecule has 0 spiro atoms. The van der Waals surface area contributed by atoms with Crippen LogP contribution in [0.4, 0.5) is 30.5 Å². The molecule has 0 atom stereocenters. The lowest BCUT2D eigenvalue weighted by Gasteiger charge is -2.10. The average molecular weight is 362 g/mol. The van der Waals surface area contributed by atoms with Gasteiger partial charge in [0.15, 0.2) is 5.82 Å². The maximum atomic E-state index is 12.7. The molecule has 0 fully saturated rings. The van der Waals surface area contributed by atoms with Gasteiger partial charge in [-0.1, -0.05) is 11.2 Å². The van der Waals surface area contributed by atoms with Crippen molar-refractivity contribution >= 4 is 23.2 Å². The second-order valence-electron chi connectivity index (χ2n) is 5.41. The highest BCUT2D eigenvalue weighted by molar-refractivity contribution is 6.04. The van der Waals surface area contributed by atoms with Crippen molar-refractivity contribution in [2.24, 2.45) is 0 Å². The van der Waals surface area contributed by atoms with E-state index in [1.54, 1.807) is 19.1 Å². The summed E-state index contributed by atoms with van der Waals surface area (Å²) in [7, 11) is 0. The molecule has 0 saturated heterocycles. The van der Waals surface area contributed by atoms with E-state index in [1.165, 1.54) is 24.4 Å². The first-order chi connectivity index (χ1) is 12.3. The summed E-state index contributed by atoms with van der Waals surface area (Å²) in [6.45, 7) is 1.74. The number of halogens is 3. The third-order valence-corrected chi connectivity index (χ3v) is 3.36. The Labute approximate surface area is 146 Å². The quantitative estimate of drug-likeness (QED) is 0.719. The summed E-state index contributed by atoms with van der Waals surface area (Å²) in [6, 6.07) is 9.12. The minimum atomic E-state index is -4.48. The van der Waals surface area contributed by atoms with Gasteiger partial charge in [-0.05, 0) is 37.3 Å². The largest absolute Gasteiger partial charge is 0.416 e. The Kier molecular flexibility index (Phi) is 4.61. The number of anilines is 3. The zero-order valence-corrected chi connectivity index (χ0v) is 13.5. The fraction of sp³-hybridized carbons (Fsp3) is 0.118. The summed E-state index contributed by atoms with van der Waals surface area (Å²) in [5, 5.41) is 9.06. The Balaban J connectivity index is 1.68. The van der Waals surface area contributed by atoms with Crippen LogP contribution in [0.25, 0.3) is 0 Å². The van der Waals surface area contributed by atoms with E-state index in [9.17, 15) is 18.0 Å². The Hall–Kier alpha value is -3.36. The topological polar surface area (TPSA) is 80.0 Å². The summed E-state index contributed by atoms with van der Waals surface area (Å²) in [4.78, 5) is 16.2. The number of hydrogen-bond donors (Lipinski definition) is 2. The van der Waals surface area contributed by atoms with E-state index >= 15 is 0 Å². The SMILES string of the molecule is Cc1cc(Nc2ccc(C(=O)Nc3cccc(C(F)(F)F)c3)cn2)no1. The highest BCUT2D eigenvalue weighted by Gasteiger charge is 2.30. The first-order valence-corrected chi connectivity index (χ1v) is 7.46. The van der Waals surface area contributed by atoms with Crippen LogP contribution in [0.5, 0.6) is 0 Å². The van der Waals surface area contributed by atoms with Gasteiger partial charge in [-0.2, -0.15) is 13.2 Å². The maximum absolute atomic E-state index is 12.7. The molecule has 134 valence electrons. The van der Waals surface area contributed by atoms with Crippen LogP contribution in [-0.4, -0.2) is 16.0 Å². The zero-order chi connectivity index (χ0) is 18.7. The van der Waals surface area contributed by atoms with Gasteiger partial charge in [0.2, 0.25) is 0 Å².